The highest BCUT2D eigenvalue weighted by molar-refractivity contribution is 9.10. The average molecular weight is 343 g/mol. The summed E-state index contributed by atoms with van der Waals surface area (Å²) in [7, 11) is 3.50. The van der Waals surface area contributed by atoms with Crippen LogP contribution in [0, 0.1) is 0 Å². The number of rotatable bonds is 7. The Balaban J connectivity index is 2.72. The van der Waals surface area contributed by atoms with E-state index in [4.69, 9.17) is 4.74 Å². The minimum atomic E-state index is 0.0706. The van der Waals surface area contributed by atoms with E-state index >= 15 is 0 Å². The van der Waals surface area contributed by atoms with Gasteiger partial charge in [0.15, 0.2) is 0 Å². The van der Waals surface area contributed by atoms with E-state index in [-0.39, 0.29) is 11.9 Å². The summed E-state index contributed by atoms with van der Waals surface area (Å²) < 4.78 is 6.76. The maximum absolute atomic E-state index is 11.5. The Hall–Kier alpha value is -1.07. The molecule has 1 N–H and O–H groups in total. The number of ether oxygens (including phenoxy) is 1. The highest BCUT2D eigenvalue weighted by Crippen LogP contribution is 2.28. The van der Waals surface area contributed by atoms with Gasteiger partial charge in [-0.15, -0.1) is 0 Å². The molecule has 1 aromatic carbocycles. The first-order valence-electron chi connectivity index (χ1n) is 6.81. The van der Waals surface area contributed by atoms with Gasteiger partial charge in [0.05, 0.1) is 13.0 Å². The van der Waals surface area contributed by atoms with E-state index in [1.165, 1.54) is 0 Å². The number of halogens is 1. The van der Waals surface area contributed by atoms with Crippen molar-refractivity contribution in [2.45, 2.75) is 26.3 Å². The van der Waals surface area contributed by atoms with E-state index in [2.05, 4.69) is 35.1 Å². The van der Waals surface area contributed by atoms with Crippen LogP contribution in [0.25, 0.3) is 0 Å². The van der Waals surface area contributed by atoms with Gasteiger partial charge >= 0.3 is 0 Å². The molecule has 0 radical (unpaired) electrons. The molecule has 1 amide bonds. The molecule has 0 spiro atoms. The molecule has 0 saturated heterocycles. The molecule has 0 aliphatic heterocycles. The minimum Gasteiger partial charge on any atom is -0.493 e. The minimum absolute atomic E-state index is 0.0706. The summed E-state index contributed by atoms with van der Waals surface area (Å²) in [5, 5.41) is 3.37. The van der Waals surface area contributed by atoms with E-state index in [1.807, 2.05) is 18.2 Å². The standard InChI is InChI=1S/C15H23BrN2O2/c1-5-17-11(2)13-7-6-12(16)10-14(13)20-9-8-15(19)18(3)4/h6-7,10-11,17H,5,8-9H2,1-4H3. The lowest BCUT2D eigenvalue weighted by Gasteiger charge is -2.18. The molecule has 20 heavy (non-hydrogen) atoms. The predicted molar refractivity (Wildman–Crippen MR) is 85.0 cm³/mol. The lowest BCUT2D eigenvalue weighted by molar-refractivity contribution is -0.129. The number of nitrogens with zero attached hydrogens (tertiary/aromatic N) is 1. The van der Waals surface area contributed by atoms with Gasteiger partial charge in [-0.3, -0.25) is 4.79 Å². The summed E-state index contributed by atoms with van der Waals surface area (Å²) in [6.45, 7) is 5.46. The van der Waals surface area contributed by atoms with Gasteiger partial charge in [-0.2, -0.15) is 0 Å². The van der Waals surface area contributed by atoms with Crippen molar-refractivity contribution in [2.24, 2.45) is 0 Å². The van der Waals surface area contributed by atoms with E-state index in [9.17, 15) is 4.79 Å². The van der Waals surface area contributed by atoms with E-state index < -0.39 is 0 Å². The van der Waals surface area contributed by atoms with Crippen molar-refractivity contribution in [3.05, 3.63) is 28.2 Å². The van der Waals surface area contributed by atoms with Crippen molar-refractivity contribution in [3.63, 3.8) is 0 Å². The van der Waals surface area contributed by atoms with Gasteiger partial charge in [0, 0.05) is 30.2 Å². The second-order valence-corrected chi connectivity index (χ2v) is 5.76. The van der Waals surface area contributed by atoms with Crippen molar-refractivity contribution < 1.29 is 9.53 Å². The van der Waals surface area contributed by atoms with Crippen LogP contribution in [0.1, 0.15) is 31.9 Å². The van der Waals surface area contributed by atoms with Crippen molar-refractivity contribution in [1.29, 1.82) is 0 Å². The third kappa shape index (κ3) is 5.13. The summed E-state index contributed by atoms with van der Waals surface area (Å²) in [6, 6.07) is 6.21. The Labute approximate surface area is 129 Å². The highest BCUT2D eigenvalue weighted by atomic mass is 79.9. The van der Waals surface area contributed by atoms with Crippen LogP contribution in [0.3, 0.4) is 0 Å². The third-order valence-electron chi connectivity index (χ3n) is 3.02. The van der Waals surface area contributed by atoms with Crippen LogP contribution in [-0.4, -0.2) is 38.1 Å². The molecule has 0 bridgehead atoms. The normalized spacial score (nSPS) is 12.1. The summed E-state index contributed by atoms with van der Waals surface area (Å²) in [6.07, 6.45) is 0.383. The molecule has 0 heterocycles. The molecule has 1 rings (SSSR count). The van der Waals surface area contributed by atoms with Crippen LogP contribution in [0.5, 0.6) is 5.75 Å². The smallest absolute Gasteiger partial charge is 0.225 e. The van der Waals surface area contributed by atoms with E-state index in [0.29, 0.717) is 13.0 Å². The van der Waals surface area contributed by atoms with Gasteiger partial charge in [0.1, 0.15) is 5.75 Å². The lowest BCUT2D eigenvalue weighted by Crippen LogP contribution is -2.23. The Morgan fingerprint density at radius 2 is 2.15 bits per heavy atom. The maximum atomic E-state index is 11.5. The zero-order chi connectivity index (χ0) is 15.1. The van der Waals surface area contributed by atoms with Gasteiger partial charge in [-0.05, 0) is 25.6 Å². The Kier molecular flexibility index (Phi) is 7.02. The second-order valence-electron chi connectivity index (χ2n) is 4.85. The van der Waals surface area contributed by atoms with E-state index in [0.717, 1.165) is 22.3 Å². The van der Waals surface area contributed by atoms with Crippen LogP contribution in [0.2, 0.25) is 0 Å². The molecule has 4 nitrogen and oxygen atoms in total. The number of carbonyl (C=O) groups excluding carboxylic acids is 1. The topological polar surface area (TPSA) is 41.6 Å². The number of carbonyl (C=O) groups is 1. The molecule has 0 aliphatic rings. The van der Waals surface area contributed by atoms with Gasteiger partial charge < -0.3 is 15.0 Å². The molecule has 1 aromatic rings. The van der Waals surface area contributed by atoms with Gasteiger partial charge in [-0.25, -0.2) is 0 Å². The van der Waals surface area contributed by atoms with Gasteiger partial charge in [-0.1, -0.05) is 28.9 Å². The van der Waals surface area contributed by atoms with Crippen molar-refractivity contribution in [1.82, 2.24) is 10.2 Å². The fourth-order valence-electron chi connectivity index (χ4n) is 1.88. The average Bonchev–Trinajstić information content (AvgIpc) is 2.38. The Morgan fingerprint density at radius 3 is 2.75 bits per heavy atom. The van der Waals surface area contributed by atoms with Gasteiger partial charge in [0.2, 0.25) is 5.91 Å². The fourth-order valence-corrected chi connectivity index (χ4v) is 2.22. The number of hydrogen-bond donors (Lipinski definition) is 1. The van der Waals surface area contributed by atoms with Crippen LogP contribution >= 0.6 is 15.9 Å². The molecule has 1 unspecified atom stereocenters. The second kappa shape index (κ2) is 8.27. The van der Waals surface area contributed by atoms with Crippen LogP contribution in [-0.2, 0) is 4.79 Å². The molecule has 1 atom stereocenters. The maximum Gasteiger partial charge on any atom is 0.225 e. The number of benzene rings is 1. The molecule has 5 heteroatoms. The largest absolute Gasteiger partial charge is 0.493 e. The first-order valence-corrected chi connectivity index (χ1v) is 7.60. The summed E-state index contributed by atoms with van der Waals surface area (Å²) in [5.41, 5.74) is 1.10. The molecular formula is C15H23BrN2O2. The lowest BCUT2D eigenvalue weighted by atomic mass is 10.1. The quantitative estimate of drug-likeness (QED) is 0.828. The van der Waals surface area contributed by atoms with Gasteiger partial charge in [0.25, 0.3) is 0 Å². The molecule has 0 saturated carbocycles. The molecule has 112 valence electrons. The molecular weight excluding hydrogens is 320 g/mol. The fraction of sp³-hybridized carbons (Fsp3) is 0.533. The number of amides is 1. The number of hydrogen-bond acceptors (Lipinski definition) is 3. The van der Waals surface area contributed by atoms with Crippen molar-refractivity contribution in [3.8, 4) is 5.75 Å². The van der Waals surface area contributed by atoms with Crippen LogP contribution in [0.15, 0.2) is 22.7 Å². The SMILES string of the molecule is CCNC(C)c1ccc(Br)cc1OCCC(=O)N(C)C. The number of nitrogens with one attached hydrogen (secondary N) is 1. The van der Waals surface area contributed by atoms with E-state index in [1.54, 1.807) is 19.0 Å². The summed E-state index contributed by atoms with van der Waals surface area (Å²) in [5.74, 6) is 0.889. The Morgan fingerprint density at radius 1 is 1.45 bits per heavy atom. The first kappa shape index (κ1) is 17.0. The summed E-state index contributed by atoms with van der Waals surface area (Å²) >= 11 is 3.45. The zero-order valence-electron chi connectivity index (χ0n) is 12.6. The van der Waals surface area contributed by atoms with Crippen LogP contribution < -0.4 is 10.1 Å². The summed E-state index contributed by atoms with van der Waals surface area (Å²) in [4.78, 5) is 13.1. The van der Waals surface area contributed by atoms with Crippen LogP contribution in [0.4, 0.5) is 0 Å². The zero-order valence-corrected chi connectivity index (χ0v) is 14.2. The molecule has 0 aliphatic carbocycles. The Bertz CT molecular complexity index is 449. The van der Waals surface area contributed by atoms with Crippen molar-refractivity contribution in [2.75, 3.05) is 27.2 Å². The first-order chi connectivity index (χ1) is 9.45. The van der Waals surface area contributed by atoms with Crippen molar-refractivity contribution >= 4 is 21.8 Å². The predicted octanol–water partition coefficient (Wildman–Crippen LogP) is 2.98. The highest BCUT2D eigenvalue weighted by Gasteiger charge is 2.12. The molecule has 0 aromatic heterocycles. The third-order valence-corrected chi connectivity index (χ3v) is 3.52. The molecule has 0 fully saturated rings. The monoisotopic (exact) mass is 342 g/mol.